The number of aromatic carboxylic acids is 1. The van der Waals surface area contributed by atoms with Crippen molar-refractivity contribution in [3.05, 3.63) is 40.7 Å². The van der Waals surface area contributed by atoms with Crippen LogP contribution in [0.15, 0.2) is 32.2 Å². The van der Waals surface area contributed by atoms with Gasteiger partial charge < -0.3 is 9.52 Å². The summed E-state index contributed by atoms with van der Waals surface area (Å²) in [5.41, 5.74) is -0.0424. The van der Waals surface area contributed by atoms with E-state index in [1.807, 2.05) is 0 Å². The van der Waals surface area contributed by atoms with E-state index in [2.05, 4.69) is 4.72 Å². The molecule has 0 unspecified atom stereocenters. The van der Waals surface area contributed by atoms with Crippen LogP contribution in [0.5, 0.6) is 0 Å². The Morgan fingerprint density at radius 1 is 1.47 bits per heavy atom. The van der Waals surface area contributed by atoms with Crippen molar-refractivity contribution in [3.8, 4) is 0 Å². The standard InChI is InChI=1S/C11H11NO5S2/c1-7-2-3-9(17-7)5-12-19(15,16)10-4-8(6-18-10)11(13)14/h2-4,6,12H,5H2,1H3,(H,13,14). The molecular weight excluding hydrogens is 290 g/mol. The average molecular weight is 301 g/mol. The van der Waals surface area contributed by atoms with Crippen LogP contribution in [0.4, 0.5) is 0 Å². The number of sulfonamides is 1. The summed E-state index contributed by atoms with van der Waals surface area (Å²) in [4.78, 5) is 10.7. The third-order valence-electron chi connectivity index (χ3n) is 2.32. The molecule has 0 radical (unpaired) electrons. The topological polar surface area (TPSA) is 96.6 Å². The van der Waals surface area contributed by atoms with Gasteiger partial charge in [-0.3, -0.25) is 0 Å². The maximum atomic E-state index is 11.9. The van der Waals surface area contributed by atoms with E-state index in [1.165, 1.54) is 5.38 Å². The largest absolute Gasteiger partial charge is 0.478 e. The summed E-state index contributed by atoms with van der Waals surface area (Å²) < 4.78 is 31.4. The Morgan fingerprint density at radius 3 is 2.74 bits per heavy atom. The first-order valence-electron chi connectivity index (χ1n) is 5.25. The lowest BCUT2D eigenvalue weighted by atomic mass is 10.4. The van der Waals surface area contributed by atoms with Crippen LogP contribution in [0.2, 0.25) is 0 Å². The number of nitrogens with one attached hydrogen (secondary N) is 1. The molecule has 0 atom stereocenters. The second-order valence-electron chi connectivity index (χ2n) is 3.80. The van der Waals surface area contributed by atoms with Gasteiger partial charge in [0.25, 0.3) is 0 Å². The first-order chi connectivity index (χ1) is 8.88. The molecule has 8 heteroatoms. The van der Waals surface area contributed by atoms with Gasteiger partial charge >= 0.3 is 5.97 Å². The average Bonchev–Trinajstić information content (AvgIpc) is 2.95. The molecule has 0 amide bonds. The lowest BCUT2D eigenvalue weighted by molar-refractivity contribution is 0.0697. The normalized spacial score (nSPS) is 11.6. The van der Waals surface area contributed by atoms with Crippen molar-refractivity contribution in [3.63, 3.8) is 0 Å². The molecular formula is C11H11NO5S2. The summed E-state index contributed by atoms with van der Waals surface area (Å²) in [6.07, 6.45) is 0. The SMILES string of the molecule is Cc1ccc(CNS(=O)(=O)c2cc(C(=O)O)cs2)o1. The number of hydrogen-bond donors (Lipinski definition) is 2. The highest BCUT2D eigenvalue weighted by molar-refractivity contribution is 7.91. The molecule has 0 aromatic carbocycles. The fourth-order valence-corrected chi connectivity index (χ4v) is 3.58. The van der Waals surface area contributed by atoms with E-state index in [0.717, 1.165) is 17.4 Å². The van der Waals surface area contributed by atoms with Gasteiger partial charge in [0, 0.05) is 5.38 Å². The van der Waals surface area contributed by atoms with Crippen molar-refractivity contribution in [1.29, 1.82) is 0 Å². The molecule has 2 aromatic rings. The highest BCUT2D eigenvalue weighted by atomic mass is 32.2. The monoisotopic (exact) mass is 301 g/mol. The van der Waals surface area contributed by atoms with Crippen LogP contribution in [0.3, 0.4) is 0 Å². The molecule has 6 nitrogen and oxygen atoms in total. The van der Waals surface area contributed by atoms with Gasteiger partial charge in [0.15, 0.2) is 0 Å². The molecule has 2 heterocycles. The lowest BCUT2D eigenvalue weighted by Crippen LogP contribution is -2.22. The van der Waals surface area contributed by atoms with Crippen LogP contribution in [-0.4, -0.2) is 19.5 Å². The second kappa shape index (κ2) is 5.16. The molecule has 2 aromatic heterocycles. The van der Waals surface area contributed by atoms with Gasteiger partial charge in [-0.05, 0) is 25.1 Å². The fraction of sp³-hybridized carbons (Fsp3) is 0.182. The Morgan fingerprint density at radius 2 is 2.21 bits per heavy atom. The summed E-state index contributed by atoms with van der Waals surface area (Å²) in [5, 5.41) is 10.0. The smallest absolute Gasteiger partial charge is 0.336 e. The van der Waals surface area contributed by atoms with Crippen LogP contribution < -0.4 is 4.72 Å². The van der Waals surface area contributed by atoms with E-state index < -0.39 is 16.0 Å². The van der Waals surface area contributed by atoms with Crippen LogP contribution in [-0.2, 0) is 16.6 Å². The van der Waals surface area contributed by atoms with Crippen molar-refractivity contribution in [2.24, 2.45) is 0 Å². The zero-order valence-corrected chi connectivity index (χ0v) is 11.5. The van der Waals surface area contributed by atoms with Gasteiger partial charge in [0.05, 0.1) is 12.1 Å². The van der Waals surface area contributed by atoms with Crippen LogP contribution in [0.1, 0.15) is 21.9 Å². The van der Waals surface area contributed by atoms with Crippen molar-refractivity contribution >= 4 is 27.3 Å². The van der Waals surface area contributed by atoms with E-state index in [4.69, 9.17) is 9.52 Å². The molecule has 0 saturated heterocycles. The number of carboxylic acids is 1. The Labute approximate surface area is 113 Å². The predicted octanol–water partition coefficient (Wildman–Crippen LogP) is 1.83. The molecule has 0 spiro atoms. The Bertz CT molecular complexity index is 698. The molecule has 2 N–H and O–H groups in total. The van der Waals surface area contributed by atoms with Crippen LogP contribution in [0.25, 0.3) is 0 Å². The molecule has 0 bridgehead atoms. The number of aryl methyl sites for hydroxylation is 1. The van der Waals surface area contributed by atoms with Crippen molar-refractivity contribution in [2.45, 2.75) is 17.7 Å². The minimum Gasteiger partial charge on any atom is -0.478 e. The minimum absolute atomic E-state index is 0.0243. The lowest BCUT2D eigenvalue weighted by Gasteiger charge is -2.02. The van der Waals surface area contributed by atoms with Crippen molar-refractivity contribution in [1.82, 2.24) is 4.72 Å². The first-order valence-corrected chi connectivity index (χ1v) is 7.61. The fourth-order valence-electron chi connectivity index (χ4n) is 1.39. The maximum Gasteiger partial charge on any atom is 0.336 e. The molecule has 2 rings (SSSR count). The van der Waals surface area contributed by atoms with Gasteiger partial charge in [-0.1, -0.05) is 0 Å². The van der Waals surface area contributed by atoms with Crippen LogP contribution >= 0.6 is 11.3 Å². The van der Waals surface area contributed by atoms with Crippen molar-refractivity contribution < 1.29 is 22.7 Å². The summed E-state index contributed by atoms with van der Waals surface area (Å²) >= 11 is 0.863. The Balaban J connectivity index is 2.11. The molecule has 19 heavy (non-hydrogen) atoms. The van der Waals surface area contributed by atoms with E-state index >= 15 is 0 Å². The zero-order chi connectivity index (χ0) is 14.0. The van der Waals surface area contributed by atoms with Crippen molar-refractivity contribution in [2.75, 3.05) is 0 Å². The molecule has 0 aliphatic heterocycles. The second-order valence-corrected chi connectivity index (χ2v) is 6.70. The van der Waals surface area contributed by atoms with Gasteiger partial charge in [-0.15, -0.1) is 11.3 Å². The van der Waals surface area contributed by atoms with Gasteiger partial charge in [0.1, 0.15) is 15.7 Å². The van der Waals surface area contributed by atoms with Gasteiger partial charge in [0.2, 0.25) is 10.0 Å². The number of rotatable bonds is 5. The minimum atomic E-state index is -3.72. The number of furan rings is 1. The van der Waals surface area contributed by atoms with E-state index in [-0.39, 0.29) is 16.3 Å². The zero-order valence-electron chi connectivity index (χ0n) is 9.91. The van der Waals surface area contributed by atoms with E-state index in [1.54, 1.807) is 19.1 Å². The number of hydrogen-bond acceptors (Lipinski definition) is 5. The number of thiophene rings is 1. The highest BCUT2D eigenvalue weighted by Crippen LogP contribution is 2.20. The van der Waals surface area contributed by atoms with Gasteiger partial charge in [-0.2, -0.15) is 0 Å². The summed E-state index contributed by atoms with van der Waals surface area (Å²) in [7, 11) is -3.72. The Kier molecular flexibility index (Phi) is 3.74. The predicted molar refractivity (Wildman–Crippen MR) is 68.7 cm³/mol. The van der Waals surface area contributed by atoms with Crippen LogP contribution in [0, 0.1) is 6.92 Å². The number of carbonyl (C=O) groups is 1. The van der Waals surface area contributed by atoms with E-state index in [0.29, 0.717) is 11.5 Å². The summed E-state index contributed by atoms with van der Waals surface area (Å²) in [5.74, 6) is 0.0360. The summed E-state index contributed by atoms with van der Waals surface area (Å²) in [6.45, 7) is 1.78. The highest BCUT2D eigenvalue weighted by Gasteiger charge is 2.19. The maximum absolute atomic E-state index is 11.9. The third kappa shape index (κ3) is 3.22. The molecule has 0 fully saturated rings. The number of carboxylic acid groups (broad SMARTS) is 1. The first kappa shape index (κ1) is 13.8. The molecule has 102 valence electrons. The molecule has 0 aliphatic rings. The van der Waals surface area contributed by atoms with Gasteiger partial charge in [-0.25, -0.2) is 17.9 Å². The van der Waals surface area contributed by atoms with E-state index in [9.17, 15) is 13.2 Å². The third-order valence-corrected chi connectivity index (χ3v) is 5.16. The summed E-state index contributed by atoms with van der Waals surface area (Å²) in [6, 6.07) is 4.54. The molecule has 0 aliphatic carbocycles. The quantitative estimate of drug-likeness (QED) is 0.878. The molecule has 0 saturated carbocycles. The Hall–Kier alpha value is -1.64.